The summed E-state index contributed by atoms with van der Waals surface area (Å²) in [5, 5.41) is 29.5. The molecule has 0 bridgehead atoms. The van der Waals surface area contributed by atoms with Crippen molar-refractivity contribution in [1.82, 2.24) is 5.06 Å². The third kappa shape index (κ3) is 2.94. The Labute approximate surface area is 109 Å². The van der Waals surface area contributed by atoms with Crippen LogP contribution >= 0.6 is 0 Å². The van der Waals surface area contributed by atoms with E-state index in [-0.39, 0.29) is 6.54 Å². The molecule has 1 fully saturated rings. The summed E-state index contributed by atoms with van der Waals surface area (Å²) >= 11 is 0. The maximum Gasteiger partial charge on any atom is 0.246 e. The molecular weight excluding hydrogens is 256 g/mol. The van der Waals surface area contributed by atoms with E-state index in [1.54, 1.807) is 12.2 Å². The second-order valence-corrected chi connectivity index (χ2v) is 4.28. The molecule has 0 aromatic rings. The van der Waals surface area contributed by atoms with Crippen LogP contribution < -0.4 is 5.73 Å². The molecule has 2 aliphatic heterocycles. The second-order valence-electron chi connectivity index (χ2n) is 4.28. The molecule has 106 valence electrons. The quantitative estimate of drug-likeness (QED) is 0.449. The van der Waals surface area contributed by atoms with Gasteiger partial charge in [-0.05, 0) is 6.08 Å². The Morgan fingerprint density at radius 2 is 2.26 bits per heavy atom. The smallest absolute Gasteiger partial charge is 0.246 e. The van der Waals surface area contributed by atoms with Crippen LogP contribution in [0.2, 0.25) is 0 Å². The van der Waals surface area contributed by atoms with Crippen LogP contribution in [-0.4, -0.2) is 64.0 Å². The molecule has 0 spiro atoms. The molecule has 2 heterocycles. The van der Waals surface area contributed by atoms with E-state index in [0.29, 0.717) is 5.57 Å². The number of ether oxygens (including phenoxy) is 1. The summed E-state index contributed by atoms with van der Waals surface area (Å²) in [4.78, 5) is 16.3. The summed E-state index contributed by atoms with van der Waals surface area (Å²) in [6.45, 7) is -0.321. The Morgan fingerprint density at radius 3 is 2.84 bits per heavy atom. The first-order valence-corrected chi connectivity index (χ1v) is 5.76. The van der Waals surface area contributed by atoms with Crippen molar-refractivity contribution in [3.05, 3.63) is 23.9 Å². The van der Waals surface area contributed by atoms with Gasteiger partial charge in [0, 0.05) is 11.8 Å². The number of carbonyl (C=O) groups excluding carboxylic acids is 1. The van der Waals surface area contributed by atoms with E-state index < -0.39 is 37.1 Å². The first-order valence-electron chi connectivity index (χ1n) is 5.76. The Hall–Kier alpha value is -1.45. The van der Waals surface area contributed by atoms with E-state index >= 15 is 0 Å². The maximum absolute atomic E-state index is 11.0. The molecule has 0 aromatic heterocycles. The minimum Gasteiger partial charge on any atom is -0.394 e. The molecule has 0 radical (unpaired) electrons. The van der Waals surface area contributed by atoms with Gasteiger partial charge in [0.1, 0.15) is 18.3 Å². The predicted molar refractivity (Wildman–Crippen MR) is 62.0 cm³/mol. The standard InChI is InChI=1S/C11H16N2O6/c12-10(17)6-2-1-3-13(4-6)19-11-9(16)8(15)7(5-14)18-11/h1-3,7-9,11,14-16H,4-5H2,(H2,12,17)/t7-,8-,9-,11?/m1/s1. The largest absolute Gasteiger partial charge is 0.394 e. The topological polar surface area (TPSA) is 125 Å². The van der Waals surface area contributed by atoms with Crippen LogP contribution in [0.4, 0.5) is 0 Å². The molecule has 8 nitrogen and oxygen atoms in total. The van der Waals surface area contributed by atoms with Crippen LogP contribution in [0.3, 0.4) is 0 Å². The summed E-state index contributed by atoms with van der Waals surface area (Å²) < 4.78 is 5.15. The highest BCUT2D eigenvalue weighted by Gasteiger charge is 2.44. The van der Waals surface area contributed by atoms with Crippen molar-refractivity contribution in [3.63, 3.8) is 0 Å². The van der Waals surface area contributed by atoms with Crippen molar-refractivity contribution in [2.24, 2.45) is 5.73 Å². The predicted octanol–water partition coefficient (Wildman–Crippen LogP) is -2.40. The number of allylic oxidation sites excluding steroid dienone is 2. The third-order valence-electron chi connectivity index (χ3n) is 2.93. The molecule has 1 saturated heterocycles. The van der Waals surface area contributed by atoms with Gasteiger partial charge in [0.05, 0.1) is 13.2 Å². The average Bonchev–Trinajstić information content (AvgIpc) is 2.67. The van der Waals surface area contributed by atoms with Crippen LogP contribution in [0.15, 0.2) is 23.9 Å². The highest BCUT2D eigenvalue weighted by molar-refractivity contribution is 5.92. The normalized spacial score (nSPS) is 34.5. The summed E-state index contributed by atoms with van der Waals surface area (Å²) in [5.74, 6) is -0.570. The lowest BCUT2D eigenvalue weighted by molar-refractivity contribution is -0.271. The van der Waals surface area contributed by atoms with Crippen LogP contribution in [0.25, 0.3) is 0 Å². The van der Waals surface area contributed by atoms with Gasteiger partial charge in [0.25, 0.3) is 0 Å². The van der Waals surface area contributed by atoms with Gasteiger partial charge in [-0.25, -0.2) is 4.84 Å². The molecule has 8 heteroatoms. The highest BCUT2D eigenvalue weighted by atomic mass is 16.8. The number of nitrogens with zero attached hydrogens (tertiary/aromatic N) is 1. The van der Waals surface area contributed by atoms with E-state index in [0.717, 1.165) is 0 Å². The van der Waals surface area contributed by atoms with E-state index in [2.05, 4.69) is 0 Å². The monoisotopic (exact) mass is 272 g/mol. The zero-order valence-corrected chi connectivity index (χ0v) is 10.0. The number of rotatable bonds is 4. The number of primary amides is 1. The van der Waals surface area contributed by atoms with Gasteiger partial charge in [-0.1, -0.05) is 6.08 Å². The SMILES string of the molecule is NC(=O)C1=CC=CN(OC2O[C@H](CO)[C@@H](O)[C@H]2O)C1. The first kappa shape index (κ1) is 14.0. The van der Waals surface area contributed by atoms with E-state index in [1.165, 1.54) is 11.3 Å². The fourth-order valence-electron chi connectivity index (χ4n) is 1.85. The van der Waals surface area contributed by atoms with Gasteiger partial charge >= 0.3 is 0 Å². The maximum atomic E-state index is 11.0. The molecule has 2 aliphatic rings. The summed E-state index contributed by atoms with van der Waals surface area (Å²) in [6, 6.07) is 0. The van der Waals surface area contributed by atoms with Gasteiger partial charge < -0.3 is 25.8 Å². The second kappa shape index (κ2) is 5.68. The van der Waals surface area contributed by atoms with Gasteiger partial charge in [0.15, 0.2) is 0 Å². The molecule has 1 unspecified atom stereocenters. The number of hydrogen-bond donors (Lipinski definition) is 4. The molecule has 19 heavy (non-hydrogen) atoms. The van der Waals surface area contributed by atoms with Gasteiger partial charge in [-0.2, -0.15) is 0 Å². The molecule has 5 N–H and O–H groups in total. The number of hydroxylamine groups is 2. The van der Waals surface area contributed by atoms with Crippen LogP contribution in [0.5, 0.6) is 0 Å². The third-order valence-corrected chi connectivity index (χ3v) is 2.93. The lowest BCUT2D eigenvalue weighted by Gasteiger charge is -2.26. The first-order chi connectivity index (χ1) is 9.02. The van der Waals surface area contributed by atoms with Gasteiger partial charge in [0.2, 0.25) is 12.2 Å². The van der Waals surface area contributed by atoms with Crippen molar-refractivity contribution >= 4 is 5.91 Å². The number of aliphatic hydroxyl groups is 3. The molecule has 0 aromatic carbocycles. The Morgan fingerprint density at radius 1 is 1.53 bits per heavy atom. The zero-order valence-electron chi connectivity index (χ0n) is 10.0. The van der Waals surface area contributed by atoms with Crippen LogP contribution in [-0.2, 0) is 14.4 Å². The van der Waals surface area contributed by atoms with E-state index in [1.807, 2.05) is 0 Å². The number of nitrogens with two attached hydrogens (primary N) is 1. The summed E-state index contributed by atoms with van der Waals surface area (Å²) in [6.07, 6.45) is 0.110. The summed E-state index contributed by atoms with van der Waals surface area (Å²) in [5.41, 5.74) is 5.50. The van der Waals surface area contributed by atoms with Crippen molar-refractivity contribution in [2.45, 2.75) is 24.6 Å². The number of carbonyl (C=O) groups is 1. The van der Waals surface area contributed by atoms with Crippen molar-refractivity contribution < 1.29 is 29.7 Å². The Kier molecular flexibility index (Phi) is 4.17. The van der Waals surface area contributed by atoms with Crippen LogP contribution in [0, 0.1) is 0 Å². The minimum absolute atomic E-state index is 0.109. The van der Waals surface area contributed by atoms with Crippen molar-refractivity contribution in [2.75, 3.05) is 13.2 Å². The van der Waals surface area contributed by atoms with Gasteiger partial charge in [-0.3, -0.25) is 9.86 Å². The van der Waals surface area contributed by atoms with Crippen LogP contribution in [0.1, 0.15) is 0 Å². The average molecular weight is 272 g/mol. The summed E-state index contributed by atoms with van der Waals surface area (Å²) in [7, 11) is 0. The minimum atomic E-state index is -1.28. The van der Waals surface area contributed by atoms with Crippen molar-refractivity contribution in [3.8, 4) is 0 Å². The van der Waals surface area contributed by atoms with Gasteiger partial charge in [-0.15, -0.1) is 0 Å². The molecule has 4 atom stereocenters. The number of hydrogen-bond acceptors (Lipinski definition) is 7. The molecule has 1 amide bonds. The number of aliphatic hydroxyl groups excluding tert-OH is 3. The van der Waals surface area contributed by atoms with E-state index in [9.17, 15) is 15.0 Å². The molecule has 0 aliphatic carbocycles. The van der Waals surface area contributed by atoms with E-state index in [4.69, 9.17) is 20.4 Å². The molecular formula is C11H16N2O6. The Bertz CT molecular complexity index is 410. The lowest BCUT2D eigenvalue weighted by Crippen LogP contribution is -2.38. The Balaban J connectivity index is 1.94. The lowest BCUT2D eigenvalue weighted by atomic mass is 10.1. The molecule has 2 rings (SSSR count). The highest BCUT2D eigenvalue weighted by Crippen LogP contribution is 2.23. The molecule has 0 saturated carbocycles. The fourth-order valence-corrected chi connectivity index (χ4v) is 1.85. The fraction of sp³-hybridized carbons (Fsp3) is 0.545. The van der Waals surface area contributed by atoms with Crippen molar-refractivity contribution in [1.29, 1.82) is 0 Å². The zero-order chi connectivity index (χ0) is 14.0. The number of amides is 1.